The van der Waals surface area contributed by atoms with Crippen molar-refractivity contribution in [2.24, 2.45) is 5.92 Å². The van der Waals surface area contributed by atoms with E-state index in [1.807, 2.05) is 11.8 Å². The molecule has 3 N–H and O–H groups in total. The second-order valence-electron chi connectivity index (χ2n) is 7.60. The van der Waals surface area contributed by atoms with Crippen LogP contribution in [0.1, 0.15) is 64.7 Å². The van der Waals surface area contributed by atoms with E-state index < -0.39 is 24.0 Å². The Labute approximate surface area is 160 Å². The van der Waals surface area contributed by atoms with E-state index in [1.54, 1.807) is 4.90 Å². The lowest BCUT2D eigenvalue weighted by Crippen LogP contribution is -2.52. The number of amides is 3. The molecule has 2 aliphatic rings. The van der Waals surface area contributed by atoms with Crippen LogP contribution in [0.15, 0.2) is 0 Å². The van der Waals surface area contributed by atoms with Crippen LogP contribution in [-0.4, -0.2) is 69.6 Å². The SMILES string of the molecule is CCCC[C@@H](C(=O)N1CCC[C@H]1C(=O)N1CCCCCC1)[C@H](O)C(=O)NO. The summed E-state index contributed by atoms with van der Waals surface area (Å²) >= 11 is 0. The summed E-state index contributed by atoms with van der Waals surface area (Å²) in [6.45, 7) is 3.87. The number of nitrogens with zero attached hydrogens (tertiary/aromatic N) is 2. The number of hydrogen-bond donors (Lipinski definition) is 3. The van der Waals surface area contributed by atoms with Gasteiger partial charge in [-0.15, -0.1) is 0 Å². The van der Waals surface area contributed by atoms with Gasteiger partial charge < -0.3 is 14.9 Å². The van der Waals surface area contributed by atoms with Gasteiger partial charge in [-0.05, 0) is 32.1 Å². The second-order valence-corrected chi connectivity index (χ2v) is 7.60. The molecular formula is C19H33N3O5. The number of unbranched alkanes of at least 4 members (excludes halogenated alkanes) is 1. The summed E-state index contributed by atoms with van der Waals surface area (Å²) in [5.41, 5.74) is 1.42. The summed E-state index contributed by atoms with van der Waals surface area (Å²) in [7, 11) is 0. The van der Waals surface area contributed by atoms with E-state index in [0.29, 0.717) is 25.8 Å². The van der Waals surface area contributed by atoms with Crippen LogP contribution in [0.2, 0.25) is 0 Å². The van der Waals surface area contributed by atoms with Crippen LogP contribution in [-0.2, 0) is 14.4 Å². The number of aliphatic hydroxyl groups is 1. The minimum absolute atomic E-state index is 0.0157. The number of hydroxylamine groups is 1. The van der Waals surface area contributed by atoms with Crippen LogP contribution in [0.3, 0.4) is 0 Å². The van der Waals surface area contributed by atoms with Crippen molar-refractivity contribution >= 4 is 17.7 Å². The normalized spacial score (nSPS) is 22.9. The van der Waals surface area contributed by atoms with Gasteiger partial charge in [0.2, 0.25) is 11.8 Å². The number of nitrogens with one attached hydrogen (secondary N) is 1. The maximum absolute atomic E-state index is 13.1. The molecular weight excluding hydrogens is 350 g/mol. The maximum Gasteiger partial charge on any atom is 0.272 e. The van der Waals surface area contributed by atoms with E-state index in [1.165, 1.54) is 5.48 Å². The molecule has 2 saturated heterocycles. The van der Waals surface area contributed by atoms with Gasteiger partial charge in [0, 0.05) is 19.6 Å². The Balaban J connectivity index is 2.12. The topological polar surface area (TPSA) is 110 Å². The van der Waals surface area contributed by atoms with Gasteiger partial charge in [-0.3, -0.25) is 19.6 Å². The predicted octanol–water partition coefficient (Wildman–Crippen LogP) is 1.05. The van der Waals surface area contributed by atoms with Gasteiger partial charge in [0.05, 0.1) is 5.92 Å². The number of hydrogen-bond acceptors (Lipinski definition) is 5. The van der Waals surface area contributed by atoms with E-state index in [-0.39, 0.29) is 11.8 Å². The second kappa shape index (κ2) is 10.6. The minimum atomic E-state index is -1.62. The van der Waals surface area contributed by atoms with Crippen molar-refractivity contribution < 1.29 is 24.7 Å². The quantitative estimate of drug-likeness (QED) is 0.450. The Hall–Kier alpha value is -1.67. The Bertz CT molecular complexity index is 519. The van der Waals surface area contributed by atoms with E-state index >= 15 is 0 Å². The molecule has 2 rings (SSSR count). The molecule has 0 radical (unpaired) electrons. The fourth-order valence-corrected chi connectivity index (χ4v) is 4.09. The molecule has 0 aromatic carbocycles. The first kappa shape index (κ1) is 21.6. The molecule has 0 spiro atoms. The number of aliphatic hydroxyl groups excluding tert-OH is 1. The van der Waals surface area contributed by atoms with Gasteiger partial charge >= 0.3 is 0 Å². The summed E-state index contributed by atoms with van der Waals surface area (Å²) in [5.74, 6) is -2.32. The monoisotopic (exact) mass is 383 g/mol. The first-order chi connectivity index (χ1) is 13.0. The number of carbonyl (C=O) groups excluding carboxylic acids is 3. The molecule has 8 nitrogen and oxygen atoms in total. The molecule has 8 heteroatoms. The maximum atomic E-state index is 13.1. The Morgan fingerprint density at radius 3 is 2.33 bits per heavy atom. The van der Waals surface area contributed by atoms with Crippen LogP contribution in [0, 0.1) is 5.92 Å². The minimum Gasteiger partial charge on any atom is -0.382 e. The van der Waals surface area contributed by atoms with Crippen LogP contribution in [0.5, 0.6) is 0 Å². The summed E-state index contributed by atoms with van der Waals surface area (Å²) in [4.78, 5) is 41.2. The predicted molar refractivity (Wildman–Crippen MR) is 98.7 cm³/mol. The van der Waals surface area contributed by atoms with Gasteiger partial charge in [0.1, 0.15) is 12.1 Å². The van der Waals surface area contributed by atoms with Crippen LogP contribution in [0.4, 0.5) is 0 Å². The molecule has 0 unspecified atom stereocenters. The zero-order valence-electron chi connectivity index (χ0n) is 16.2. The molecule has 0 aromatic heterocycles. The summed E-state index contributed by atoms with van der Waals surface area (Å²) in [6, 6.07) is -0.510. The molecule has 154 valence electrons. The van der Waals surface area contributed by atoms with Crippen LogP contribution >= 0.6 is 0 Å². The molecule has 0 aliphatic carbocycles. The van der Waals surface area contributed by atoms with Crippen LogP contribution in [0.25, 0.3) is 0 Å². The first-order valence-corrected chi connectivity index (χ1v) is 10.2. The standard InChI is InChI=1S/C19H33N3O5/c1-2-3-9-14(16(23)17(24)20-27)18(25)22-13-8-10-15(22)19(26)21-11-6-4-5-7-12-21/h14-16,23,27H,2-13H2,1H3,(H,20,24)/t14-,15+,16+/m1/s1. The summed E-state index contributed by atoms with van der Waals surface area (Å²) in [6.07, 6.45) is 5.77. The van der Waals surface area contributed by atoms with Crippen molar-refractivity contribution in [2.45, 2.75) is 76.9 Å². The van der Waals surface area contributed by atoms with Crippen molar-refractivity contribution in [2.75, 3.05) is 19.6 Å². The summed E-state index contributed by atoms with van der Waals surface area (Å²) < 4.78 is 0. The van der Waals surface area contributed by atoms with Crippen molar-refractivity contribution in [3.63, 3.8) is 0 Å². The summed E-state index contributed by atoms with van der Waals surface area (Å²) in [5, 5.41) is 19.0. The number of carbonyl (C=O) groups is 3. The van der Waals surface area contributed by atoms with E-state index in [4.69, 9.17) is 5.21 Å². The Kier molecular flexibility index (Phi) is 8.50. The van der Waals surface area contributed by atoms with E-state index in [2.05, 4.69) is 0 Å². The molecule has 0 saturated carbocycles. The van der Waals surface area contributed by atoms with E-state index in [9.17, 15) is 19.5 Å². The van der Waals surface area contributed by atoms with Gasteiger partial charge in [-0.2, -0.15) is 0 Å². The third-order valence-corrected chi connectivity index (χ3v) is 5.68. The van der Waals surface area contributed by atoms with Crippen molar-refractivity contribution in [1.29, 1.82) is 0 Å². The third-order valence-electron chi connectivity index (χ3n) is 5.68. The fraction of sp³-hybridized carbons (Fsp3) is 0.842. The molecule has 2 aliphatic heterocycles. The third kappa shape index (κ3) is 5.42. The average Bonchev–Trinajstić information content (AvgIpc) is 3.01. The average molecular weight is 383 g/mol. The number of rotatable bonds is 7. The molecule has 2 heterocycles. The molecule has 0 aromatic rings. The number of likely N-dealkylation sites (tertiary alicyclic amines) is 2. The fourth-order valence-electron chi connectivity index (χ4n) is 4.09. The Morgan fingerprint density at radius 2 is 1.74 bits per heavy atom. The zero-order chi connectivity index (χ0) is 19.8. The lowest BCUT2D eigenvalue weighted by molar-refractivity contribution is -0.154. The lowest BCUT2D eigenvalue weighted by atomic mass is 9.93. The highest BCUT2D eigenvalue weighted by Gasteiger charge is 2.42. The van der Waals surface area contributed by atoms with Gasteiger partial charge in [-0.25, -0.2) is 5.48 Å². The van der Waals surface area contributed by atoms with Gasteiger partial charge in [0.25, 0.3) is 5.91 Å². The lowest BCUT2D eigenvalue weighted by Gasteiger charge is -2.32. The molecule has 2 fully saturated rings. The zero-order valence-corrected chi connectivity index (χ0v) is 16.2. The van der Waals surface area contributed by atoms with Crippen molar-refractivity contribution in [3.8, 4) is 0 Å². The first-order valence-electron chi connectivity index (χ1n) is 10.2. The van der Waals surface area contributed by atoms with Crippen LogP contribution < -0.4 is 5.48 Å². The van der Waals surface area contributed by atoms with Gasteiger partial charge in [0.15, 0.2) is 0 Å². The molecule has 3 atom stereocenters. The van der Waals surface area contributed by atoms with E-state index in [0.717, 1.165) is 51.6 Å². The Morgan fingerprint density at radius 1 is 1.07 bits per heavy atom. The molecule has 0 bridgehead atoms. The highest BCUT2D eigenvalue weighted by molar-refractivity contribution is 5.92. The largest absolute Gasteiger partial charge is 0.382 e. The highest BCUT2D eigenvalue weighted by atomic mass is 16.5. The highest BCUT2D eigenvalue weighted by Crippen LogP contribution is 2.26. The molecule has 3 amide bonds. The van der Waals surface area contributed by atoms with Gasteiger partial charge in [-0.1, -0.05) is 32.6 Å². The van der Waals surface area contributed by atoms with Crippen molar-refractivity contribution in [1.82, 2.24) is 15.3 Å². The smallest absolute Gasteiger partial charge is 0.272 e. The molecule has 27 heavy (non-hydrogen) atoms. The van der Waals surface area contributed by atoms with Crippen molar-refractivity contribution in [3.05, 3.63) is 0 Å².